The minimum Gasteiger partial charge on any atom is -0.386 e. The molecule has 4 atom stereocenters. The molecule has 1 saturated heterocycles. The number of ether oxygens (including phenoxy) is 1. The van der Waals surface area contributed by atoms with Gasteiger partial charge in [0.05, 0.1) is 6.61 Å². The minimum absolute atomic E-state index is 0.499. The molecule has 0 aromatic carbocycles. The number of hydrogen-bond donors (Lipinski definition) is 2. The van der Waals surface area contributed by atoms with E-state index < -0.39 is 5.60 Å². The quantitative estimate of drug-likeness (QED) is 0.768. The van der Waals surface area contributed by atoms with E-state index in [9.17, 15) is 5.11 Å². The van der Waals surface area contributed by atoms with E-state index >= 15 is 0 Å². The predicted octanol–water partition coefficient (Wildman–Crippen LogP) is 1.55. The van der Waals surface area contributed by atoms with Crippen molar-refractivity contribution in [1.82, 2.24) is 5.32 Å². The first-order valence-corrected chi connectivity index (χ1v) is 6.62. The van der Waals surface area contributed by atoms with Gasteiger partial charge in [0.2, 0.25) is 0 Å². The van der Waals surface area contributed by atoms with Crippen LogP contribution < -0.4 is 5.32 Å². The lowest BCUT2D eigenvalue weighted by atomic mass is 9.79. The Morgan fingerprint density at radius 1 is 1.31 bits per heavy atom. The third-order valence-electron chi connectivity index (χ3n) is 4.40. The van der Waals surface area contributed by atoms with E-state index in [-0.39, 0.29) is 0 Å². The summed E-state index contributed by atoms with van der Waals surface area (Å²) in [6.45, 7) is 6.58. The number of hydrogen-bond acceptors (Lipinski definition) is 3. The predicted molar refractivity (Wildman–Crippen MR) is 64.4 cm³/mol. The van der Waals surface area contributed by atoms with Gasteiger partial charge in [-0.1, -0.05) is 13.8 Å². The zero-order valence-corrected chi connectivity index (χ0v) is 10.5. The van der Waals surface area contributed by atoms with Crippen LogP contribution in [0.2, 0.25) is 0 Å². The van der Waals surface area contributed by atoms with E-state index in [4.69, 9.17) is 4.74 Å². The molecule has 0 aromatic rings. The highest BCUT2D eigenvalue weighted by molar-refractivity contribution is 4.88. The van der Waals surface area contributed by atoms with E-state index in [1.54, 1.807) is 0 Å². The lowest BCUT2D eigenvalue weighted by Gasteiger charge is -2.34. The standard InChI is InChI=1S/C13H25NO2/c1-10-3-4-12(7-11(10)2)14-8-13(15)5-6-16-9-13/h10-12,14-15H,3-9H2,1-2H3. The summed E-state index contributed by atoms with van der Waals surface area (Å²) in [5, 5.41) is 13.7. The van der Waals surface area contributed by atoms with Crippen LogP contribution in [0.1, 0.15) is 39.5 Å². The Hall–Kier alpha value is -0.120. The average molecular weight is 227 g/mol. The van der Waals surface area contributed by atoms with Crippen molar-refractivity contribution in [3.63, 3.8) is 0 Å². The lowest BCUT2D eigenvalue weighted by molar-refractivity contribution is 0.0223. The second-order valence-corrected chi connectivity index (χ2v) is 5.87. The Kier molecular flexibility index (Phi) is 3.88. The van der Waals surface area contributed by atoms with Gasteiger partial charge >= 0.3 is 0 Å². The summed E-state index contributed by atoms with van der Waals surface area (Å²) in [6, 6.07) is 0.593. The van der Waals surface area contributed by atoms with Crippen molar-refractivity contribution in [2.75, 3.05) is 19.8 Å². The van der Waals surface area contributed by atoms with Crippen LogP contribution in [0.15, 0.2) is 0 Å². The van der Waals surface area contributed by atoms with Crippen molar-refractivity contribution in [3.8, 4) is 0 Å². The van der Waals surface area contributed by atoms with Gasteiger partial charge in [-0.05, 0) is 31.1 Å². The SMILES string of the molecule is CC1CCC(NCC2(O)CCOC2)CC1C. The second kappa shape index (κ2) is 5.03. The molecular weight excluding hydrogens is 202 g/mol. The molecule has 3 heteroatoms. The highest BCUT2D eigenvalue weighted by Crippen LogP contribution is 2.29. The van der Waals surface area contributed by atoms with Crippen LogP contribution in [0.5, 0.6) is 0 Å². The molecule has 0 aromatic heterocycles. The Bertz CT molecular complexity index is 226. The Labute approximate surface area is 98.6 Å². The molecule has 2 N–H and O–H groups in total. The molecule has 1 heterocycles. The van der Waals surface area contributed by atoms with Crippen molar-refractivity contribution in [2.45, 2.75) is 51.2 Å². The van der Waals surface area contributed by atoms with Crippen molar-refractivity contribution in [3.05, 3.63) is 0 Å². The Morgan fingerprint density at radius 2 is 2.12 bits per heavy atom. The molecule has 1 aliphatic heterocycles. The summed E-state index contributed by atoms with van der Waals surface area (Å²) in [4.78, 5) is 0. The van der Waals surface area contributed by atoms with Gasteiger partial charge in [0.1, 0.15) is 5.60 Å². The smallest absolute Gasteiger partial charge is 0.102 e. The summed E-state index contributed by atoms with van der Waals surface area (Å²) < 4.78 is 5.25. The number of aliphatic hydroxyl groups is 1. The van der Waals surface area contributed by atoms with Crippen LogP contribution in [-0.2, 0) is 4.74 Å². The van der Waals surface area contributed by atoms with E-state index in [1.165, 1.54) is 19.3 Å². The van der Waals surface area contributed by atoms with Crippen LogP contribution in [0.4, 0.5) is 0 Å². The van der Waals surface area contributed by atoms with Crippen LogP contribution in [0.25, 0.3) is 0 Å². The molecule has 0 bridgehead atoms. The van der Waals surface area contributed by atoms with E-state index in [0.29, 0.717) is 25.8 Å². The van der Waals surface area contributed by atoms with Crippen molar-refractivity contribution >= 4 is 0 Å². The zero-order valence-electron chi connectivity index (χ0n) is 10.5. The van der Waals surface area contributed by atoms with Gasteiger partial charge in [0.15, 0.2) is 0 Å². The van der Waals surface area contributed by atoms with Gasteiger partial charge in [-0.2, -0.15) is 0 Å². The fraction of sp³-hybridized carbons (Fsp3) is 1.00. The van der Waals surface area contributed by atoms with Crippen molar-refractivity contribution in [2.24, 2.45) is 11.8 Å². The molecule has 1 aliphatic carbocycles. The monoisotopic (exact) mass is 227 g/mol. The number of rotatable bonds is 3. The fourth-order valence-electron chi connectivity index (χ4n) is 2.80. The molecule has 2 aliphatic rings. The Morgan fingerprint density at radius 3 is 2.75 bits per heavy atom. The van der Waals surface area contributed by atoms with Gasteiger partial charge in [0, 0.05) is 25.6 Å². The van der Waals surface area contributed by atoms with Crippen molar-refractivity contribution in [1.29, 1.82) is 0 Å². The third kappa shape index (κ3) is 2.96. The van der Waals surface area contributed by atoms with Crippen LogP contribution in [0, 0.1) is 11.8 Å². The first-order chi connectivity index (χ1) is 7.59. The van der Waals surface area contributed by atoms with E-state index in [0.717, 1.165) is 18.3 Å². The van der Waals surface area contributed by atoms with Gasteiger partial charge < -0.3 is 15.2 Å². The molecule has 2 fully saturated rings. The molecule has 4 unspecified atom stereocenters. The maximum Gasteiger partial charge on any atom is 0.102 e. The van der Waals surface area contributed by atoms with E-state index in [2.05, 4.69) is 19.2 Å². The van der Waals surface area contributed by atoms with Crippen LogP contribution in [-0.4, -0.2) is 36.5 Å². The first-order valence-electron chi connectivity index (χ1n) is 6.62. The maximum absolute atomic E-state index is 10.2. The molecule has 16 heavy (non-hydrogen) atoms. The average Bonchev–Trinajstić information content (AvgIpc) is 2.68. The summed E-state index contributed by atoms with van der Waals surface area (Å²) in [7, 11) is 0. The maximum atomic E-state index is 10.2. The topological polar surface area (TPSA) is 41.5 Å². The minimum atomic E-state index is -0.605. The lowest BCUT2D eigenvalue weighted by Crippen LogP contribution is -2.46. The molecule has 0 spiro atoms. The van der Waals surface area contributed by atoms with Gasteiger partial charge in [-0.25, -0.2) is 0 Å². The third-order valence-corrected chi connectivity index (χ3v) is 4.40. The van der Waals surface area contributed by atoms with Gasteiger partial charge in [-0.3, -0.25) is 0 Å². The first kappa shape index (κ1) is 12.3. The molecular formula is C13H25NO2. The van der Waals surface area contributed by atoms with Crippen molar-refractivity contribution < 1.29 is 9.84 Å². The second-order valence-electron chi connectivity index (χ2n) is 5.87. The molecule has 0 radical (unpaired) electrons. The van der Waals surface area contributed by atoms with Crippen LogP contribution in [0.3, 0.4) is 0 Å². The highest BCUT2D eigenvalue weighted by Gasteiger charge is 2.33. The highest BCUT2D eigenvalue weighted by atomic mass is 16.5. The van der Waals surface area contributed by atoms with Gasteiger partial charge in [0.25, 0.3) is 0 Å². The summed E-state index contributed by atoms with van der Waals surface area (Å²) in [6.07, 6.45) is 4.59. The van der Waals surface area contributed by atoms with E-state index in [1.807, 2.05) is 0 Å². The number of nitrogens with one attached hydrogen (secondary N) is 1. The largest absolute Gasteiger partial charge is 0.386 e. The molecule has 1 saturated carbocycles. The molecule has 0 amide bonds. The summed E-state index contributed by atoms with van der Waals surface area (Å²) in [5.41, 5.74) is -0.605. The normalized spacial score (nSPS) is 44.8. The molecule has 3 nitrogen and oxygen atoms in total. The summed E-state index contributed by atoms with van der Waals surface area (Å²) >= 11 is 0. The zero-order chi connectivity index (χ0) is 11.6. The fourth-order valence-corrected chi connectivity index (χ4v) is 2.80. The molecule has 94 valence electrons. The molecule has 2 rings (SSSR count). The van der Waals surface area contributed by atoms with Gasteiger partial charge in [-0.15, -0.1) is 0 Å². The summed E-state index contributed by atoms with van der Waals surface area (Å²) in [5.74, 6) is 1.66. The van der Waals surface area contributed by atoms with Crippen LogP contribution >= 0.6 is 0 Å². The Balaban J connectivity index is 1.74.